The second-order valence-electron chi connectivity index (χ2n) is 3.59. The fourth-order valence-electron chi connectivity index (χ4n) is 1.55. The van der Waals surface area contributed by atoms with Gasteiger partial charge in [0.05, 0.1) is 11.4 Å². The Morgan fingerprint density at radius 2 is 1.82 bits per heavy atom. The van der Waals surface area contributed by atoms with Crippen LogP contribution < -0.4 is 5.32 Å². The largest absolute Gasteiger partial charge is 0.333 e. The Hall–Kier alpha value is -1.76. The Morgan fingerprint density at radius 1 is 1.18 bits per heavy atom. The normalized spacial score (nSPS) is 11.3. The van der Waals surface area contributed by atoms with Crippen molar-refractivity contribution in [1.29, 1.82) is 0 Å². The number of aryl methyl sites for hydroxylation is 1. The van der Waals surface area contributed by atoms with Crippen molar-refractivity contribution in [3.8, 4) is 0 Å². The molecule has 1 N–H and O–H groups in total. The highest BCUT2D eigenvalue weighted by molar-refractivity contribution is 5.02. The Morgan fingerprint density at radius 3 is 2.47 bits per heavy atom. The number of nitrogens with one attached hydrogen (secondary N) is 1. The molecule has 0 fully saturated rings. The average Bonchev–Trinajstić information content (AvgIpc) is 2.88. The minimum Gasteiger partial charge on any atom is -0.306 e. The van der Waals surface area contributed by atoms with Gasteiger partial charge in [-0.3, -0.25) is 4.68 Å². The van der Waals surface area contributed by atoms with Gasteiger partial charge >= 0.3 is 6.55 Å². The van der Waals surface area contributed by atoms with E-state index in [1.165, 1.54) is 6.20 Å². The Bertz CT molecular complexity index is 477. The summed E-state index contributed by atoms with van der Waals surface area (Å²) in [7, 11) is 1.83. The van der Waals surface area contributed by atoms with E-state index in [2.05, 4.69) is 15.5 Å². The SMILES string of the molecule is Cn1nccc1CNCc1ccnn1C(F)F. The third-order valence-corrected chi connectivity index (χ3v) is 2.47. The number of nitrogens with zero attached hydrogens (tertiary/aromatic N) is 4. The lowest BCUT2D eigenvalue weighted by Crippen LogP contribution is -2.18. The minimum atomic E-state index is -2.60. The van der Waals surface area contributed by atoms with Crippen LogP contribution in [0.4, 0.5) is 8.78 Å². The zero-order valence-corrected chi connectivity index (χ0v) is 9.35. The van der Waals surface area contributed by atoms with Crippen molar-refractivity contribution in [1.82, 2.24) is 24.9 Å². The van der Waals surface area contributed by atoms with E-state index in [-0.39, 0.29) is 0 Å². The van der Waals surface area contributed by atoms with Gasteiger partial charge in [-0.2, -0.15) is 19.0 Å². The highest BCUT2D eigenvalue weighted by Gasteiger charge is 2.10. The summed E-state index contributed by atoms with van der Waals surface area (Å²) in [6, 6.07) is 3.44. The number of aromatic nitrogens is 4. The fraction of sp³-hybridized carbons (Fsp3) is 0.400. The summed E-state index contributed by atoms with van der Waals surface area (Å²) in [5, 5.41) is 10.6. The van der Waals surface area contributed by atoms with E-state index in [4.69, 9.17) is 0 Å². The Kier molecular flexibility index (Phi) is 3.48. The molecule has 92 valence electrons. The molecule has 7 heteroatoms. The van der Waals surface area contributed by atoms with Crippen LogP contribution in [-0.2, 0) is 20.1 Å². The molecule has 0 spiro atoms. The molecule has 0 saturated carbocycles. The van der Waals surface area contributed by atoms with Gasteiger partial charge in [0, 0.05) is 32.5 Å². The summed E-state index contributed by atoms with van der Waals surface area (Å²) < 4.78 is 27.4. The van der Waals surface area contributed by atoms with Crippen LogP contribution in [0, 0.1) is 0 Å². The van der Waals surface area contributed by atoms with E-state index in [0.29, 0.717) is 23.5 Å². The van der Waals surface area contributed by atoms with Crippen molar-refractivity contribution in [2.24, 2.45) is 7.05 Å². The van der Waals surface area contributed by atoms with E-state index in [9.17, 15) is 8.78 Å². The van der Waals surface area contributed by atoms with Crippen LogP contribution in [0.15, 0.2) is 24.5 Å². The second-order valence-corrected chi connectivity index (χ2v) is 3.59. The molecule has 0 saturated heterocycles. The van der Waals surface area contributed by atoms with Gasteiger partial charge in [0.2, 0.25) is 0 Å². The summed E-state index contributed by atoms with van der Waals surface area (Å²) in [6.07, 6.45) is 3.06. The van der Waals surface area contributed by atoms with Crippen LogP contribution in [0.5, 0.6) is 0 Å². The van der Waals surface area contributed by atoms with Crippen molar-refractivity contribution < 1.29 is 8.78 Å². The summed E-state index contributed by atoms with van der Waals surface area (Å²) in [6.45, 7) is -1.68. The zero-order valence-electron chi connectivity index (χ0n) is 9.35. The van der Waals surface area contributed by atoms with Gasteiger partial charge in [0.1, 0.15) is 0 Å². The molecule has 5 nitrogen and oxygen atoms in total. The van der Waals surface area contributed by atoms with Crippen LogP contribution in [0.25, 0.3) is 0 Å². The summed E-state index contributed by atoms with van der Waals surface area (Å²) in [4.78, 5) is 0. The smallest absolute Gasteiger partial charge is 0.306 e. The minimum absolute atomic E-state index is 0.343. The predicted octanol–water partition coefficient (Wildman–Crippen LogP) is 1.30. The van der Waals surface area contributed by atoms with Gasteiger partial charge in [-0.1, -0.05) is 0 Å². The number of alkyl halides is 2. The summed E-state index contributed by atoms with van der Waals surface area (Å²) in [5.74, 6) is 0. The van der Waals surface area contributed by atoms with Crippen molar-refractivity contribution in [3.05, 3.63) is 35.9 Å². The van der Waals surface area contributed by atoms with Crippen LogP contribution >= 0.6 is 0 Å². The quantitative estimate of drug-likeness (QED) is 0.858. The fourth-order valence-corrected chi connectivity index (χ4v) is 1.55. The average molecular weight is 241 g/mol. The number of hydrogen-bond donors (Lipinski definition) is 1. The van der Waals surface area contributed by atoms with Crippen molar-refractivity contribution in [2.45, 2.75) is 19.6 Å². The van der Waals surface area contributed by atoms with Crippen LogP contribution in [0.2, 0.25) is 0 Å². The Balaban J connectivity index is 1.90. The van der Waals surface area contributed by atoms with E-state index in [1.807, 2.05) is 13.1 Å². The van der Waals surface area contributed by atoms with Crippen molar-refractivity contribution in [3.63, 3.8) is 0 Å². The molecule has 0 unspecified atom stereocenters. The van der Waals surface area contributed by atoms with Gasteiger partial charge in [-0.15, -0.1) is 0 Å². The summed E-state index contributed by atoms with van der Waals surface area (Å²) in [5.41, 5.74) is 1.45. The van der Waals surface area contributed by atoms with Gasteiger partial charge in [-0.05, 0) is 12.1 Å². The number of halogens is 2. The lowest BCUT2D eigenvalue weighted by Gasteiger charge is -2.07. The molecular weight excluding hydrogens is 228 g/mol. The van der Waals surface area contributed by atoms with Crippen LogP contribution in [0.3, 0.4) is 0 Å². The van der Waals surface area contributed by atoms with Crippen LogP contribution in [-0.4, -0.2) is 19.6 Å². The van der Waals surface area contributed by atoms with Gasteiger partial charge < -0.3 is 5.32 Å². The Labute approximate surface area is 97.0 Å². The molecule has 0 atom stereocenters. The first kappa shape index (κ1) is 11.7. The van der Waals surface area contributed by atoms with Crippen molar-refractivity contribution >= 4 is 0 Å². The third kappa shape index (κ3) is 2.68. The molecule has 0 radical (unpaired) electrons. The maximum absolute atomic E-state index is 12.5. The summed E-state index contributed by atoms with van der Waals surface area (Å²) >= 11 is 0. The lowest BCUT2D eigenvalue weighted by atomic mass is 10.4. The first-order chi connectivity index (χ1) is 8.18. The topological polar surface area (TPSA) is 47.7 Å². The maximum atomic E-state index is 12.5. The molecule has 0 aliphatic carbocycles. The molecule has 0 aliphatic heterocycles. The highest BCUT2D eigenvalue weighted by atomic mass is 19.3. The zero-order chi connectivity index (χ0) is 12.3. The molecule has 0 bridgehead atoms. The second kappa shape index (κ2) is 5.05. The van der Waals surface area contributed by atoms with Gasteiger partial charge in [-0.25, -0.2) is 4.68 Å². The third-order valence-electron chi connectivity index (χ3n) is 2.47. The first-order valence-electron chi connectivity index (χ1n) is 5.16. The van der Waals surface area contributed by atoms with Gasteiger partial charge in [0.25, 0.3) is 0 Å². The predicted molar refractivity (Wildman–Crippen MR) is 57.2 cm³/mol. The van der Waals surface area contributed by atoms with Crippen LogP contribution in [0.1, 0.15) is 17.9 Å². The lowest BCUT2D eigenvalue weighted by molar-refractivity contribution is 0.0531. The van der Waals surface area contributed by atoms with E-state index < -0.39 is 6.55 Å². The molecule has 2 rings (SSSR count). The molecule has 17 heavy (non-hydrogen) atoms. The molecule has 0 aliphatic rings. The molecule has 0 amide bonds. The molecule has 2 aromatic heterocycles. The van der Waals surface area contributed by atoms with Gasteiger partial charge in [0.15, 0.2) is 0 Å². The van der Waals surface area contributed by atoms with E-state index in [1.54, 1.807) is 16.9 Å². The van der Waals surface area contributed by atoms with Crippen molar-refractivity contribution in [2.75, 3.05) is 0 Å². The number of rotatable bonds is 5. The number of hydrogen-bond acceptors (Lipinski definition) is 3. The molecule has 2 heterocycles. The maximum Gasteiger partial charge on any atom is 0.333 e. The molecular formula is C10H13F2N5. The molecule has 0 aromatic carbocycles. The standard InChI is InChI=1S/C10H13F2N5/c1-16-8(2-4-14-16)6-13-7-9-3-5-15-17(9)10(11)12/h2-5,10,13H,6-7H2,1H3. The monoisotopic (exact) mass is 241 g/mol. The molecule has 2 aromatic rings. The van der Waals surface area contributed by atoms with E-state index in [0.717, 1.165) is 5.69 Å². The first-order valence-corrected chi connectivity index (χ1v) is 5.16. The van der Waals surface area contributed by atoms with E-state index >= 15 is 0 Å². The highest BCUT2D eigenvalue weighted by Crippen LogP contribution is 2.11.